The van der Waals surface area contributed by atoms with E-state index in [4.69, 9.17) is 5.10 Å². The van der Waals surface area contributed by atoms with E-state index in [-0.39, 0.29) is 5.54 Å². The molecule has 1 spiro atoms. The molecule has 0 unspecified atom stereocenters. The summed E-state index contributed by atoms with van der Waals surface area (Å²) in [5.74, 6) is 1.52. The van der Waals surface area contributed by atoms with Crippen LogP contribution in [0.5, 0.6) is 0 Å². The van der Waals surface area contributed by atoms with Gasteiger partial charge in [-0.1, -0.05) is 44.5 Å². The van der Waals surface area contributed by atoms with Gasteiger partial charge >= 0.3 is 0 Å². The molecule has 1 aliphatic heterocycles. The zero-order valence-corrected chi connectivity index (χ0v) is 15.2. The Morgan fingerprint density at radius 1 is 1.04 bits per heavy atom. The summed E-state index contributed by atoms with van der Waals surface area (Å²) in [5.41, 5.74) is 6.67. The Morgan fingerprint density at radius 2 is 1.83 bits per heavy atom. The lowest BCUT2D eigenvalue weighted by molar-refractivity contribution is 0.0941. The van der Waals surface area contributed by atoms with Gasteiger partial charge in [0.25, 0.3) is 0 Å². The predicted molar refractivity (Wildman–Crippen MR) is 100 cm³/mol. The minimum Gasteiger partial charge on any atom is -0.255 e. The van der Waals surface area contributed by atoms with Crippen LogP contribution in [-0.4, -0.2) is 11.3 Å². The van der Waals surface area contributed by atoms with Crippen molar-refractivity contribution in [2.24, 2.45) is 22.4 Å². The topological polar surface area (TPSA) is 15.6 Å². The Balaban J connectivity index is 1.73. The molecule has 4 aliphatic rings. The summed E-state index contributed by atoms with van der Waals surface area (Å²) >= 11 is 0. The van der Waals surface area contributed by atoms with Gasteiger partial charge in [-0.15, -0.1) is 0 Å². The molecule has 24 heavy (non-hydrogen) atoms. The van der Waals surface area contributed by atoms with E-state index in [2.05, 4.69) is 56.1 Å². The third-order valence-electron chi connectivity index (χ3n) is 6.76. The Morgan fingerprint density at radius 3 is 2.62 bits per heavy atom. The van der Waals surface area contributed by atoms with Crippen molar-refractivity contribution >= 4 is 11.4 Å². The second-order valence-corrected chi connectivity index (χ2v) is 9.40. The van der Waals surface area contributed by atoms with Gasteiger partial charge in [0.15, 0.2) is 0 Å². The first kappa shape index (κ1) is 14.7. The highest BCUT2D eigenvalue weighted by Gasteiger charge is 2.59. The van der Waals surface area contributed by atoms with Crippen molar-refractivity contribution in [1.82, 2.24) is 0 Å². The van der Waals surface area contributed by atoms with Crippen LogP contribution in [0, 0.1) is 17.3 Å². The monoisotopic (exact) mass is 320 g/mol. The fourth-order valence-electron chi connectivity index (χ4n) is 6.62. The van der Waals surface area contributed by atoms with E-state index in [9.17, 15) is 0 Å². The van der Waals surface area contributed by atoms with E-state index in [1.54, 1.807) is 11.1 Å². The van der Waals surface area contributed by atoms with Crippen molar-refractivity contribution in [3.05, 3.63) is 41.5 Å². The maximum absolute atomic E-state index is 5.24. The quantitative estimate of drug-likeness (QED) is 0.661. The summed E-state index contributed by atoms with van der Waals surface area (Å²) in [7, 11) is 0. The van der Waals surface area contributed by atoms with Crippen LogP contribution in [0.4, 0.5) is 5.69 Å². The van der Waals surface area contributed by atoms with Crippen molar-refractivity contribution in [2.75, 3.05) is 5.01 Å². The Labute approximate surface area is 145 Å². The van der Waals surface area contributed by atoms with Crippen molar-refractivity contribution in [1.29, 1.82) is 0 Å². The predicted octanol–water partition coefficient (Wildman–Crippen LogP) is 5.56. The number of anilines is 1. The lowest BCUT2D eigenvalue weighted by Crippen LogP contribution is -2.56. The van der Waals surface area contributed by atoms with Crippen LogP contribution in [0.1, 0.15) is 59.3 Å². The first-order valence-corrected chi connectivity index (χ1v) is 9.65. The number of hydrogen-bond donors (Lipinski definition) is 0. The van der Waals surface area contributed by atoms with Crippen LogP contribution in [0.25, 0.3) is 0 Å². The van der Waals surface area contributed by atoms with E-state index < -0.39 is 0 Å². The molecule has 2 heteroatoms. The molecule has 1 heterocycles. The van der Waals surface area contributed by atoms with E-state index in [0.29, 0.717) is 5.41 Å². The molecular formula is C22H28N2. The van der Waals surface area contributed by atoms with Gasteiger partial charge in [0.2, 0.25) is 0 Å². The van der Waals surface area contributed by atoms with Gasteiger partial charge in [-0.3, -0.25) is 5.01 Å². The van der Waals surface area contributed by atoms with Gasteiger partial charge in [0.05, 0.1) is 16.9 Å². The van der Waals surface area contributed by atoms with Gasteiger partial charge in [-0.2, -0.15) is 5.10 Å². The number of fused-ring (bicyclic) bond motifs is 1. The molecule has 126 valence electrons. The van der Waals surface area contributed by atoms with Crippen molar-refractivity contribution < 1.29 is 0 Å². The minimum atomic E-state index is 0.136. The first-order chi connectivity index (χ1) is 11.5. The summed E-state index contributed by atoms with van der Waals surface area (Å²) in [4.78, 5) is 0. The Bertz CT molecular complexity index is 746. The second kappa shape index (κ2) is 4.74. The third kappa shape index (κ3) is 1.92. The molecule has 1 aromatic rings. The molecular weight excluding hydrogens is 292 g/mol. The molecule has 2 bridgehead atoms. The molecule has 1 aromatic carbocycles. The molecule has 1 saturated carbocycles. The van der Waals surface area contributed by atoms with E-state index in [0.717, 1.165) is 18.3 Å². The molecule has 0 N–H and O–H groups in total. The summed E-state index contributed by atoms with van der Waals surface area (Å²) < 4.78 is 0. The molecule has 2 nitrogen and oxygen atoms in total. The summed E-state index contributed by atoms with van der Waals surface area (Å²) in [6.45, 7) is 7.39. The van der Waals surface area contributed by atoms with Gasteiger partial charge in [0, 0.05) is 5.57 Å². The van der Waals surface area contributed by atoms with E-state index in [1.807, 2.05) is 0 Å². The Hall–Kier alpha value is -1.57. The van der Waals surface area contributed by atoms with Gasteiger partial charge in [0.1, 0.15) is 0 Å². The summed E-state index contributed by atoms with van der Waals surface area (Å²) in [6.07, 6.45) is 7.67. The molecule has 1 fully saturated rings. The van der Waals surface area contributed by atoms with Crippen LogP contribution >= 0.6 is 0 Å². The van der Waals surface area contributed by atoms with E-state index in [1.165, 1.54) is 43.5 Å². The molecule has 0 aromatic heterocycles. The fourth-order valence-corrected chi connectivity index (χ4v) is 6.62. The molecule has 4 atom stereocenters. The number of nitrogens with zero attached hydrogens (tertiary/aromatic N) is 2. The van der Waals surface area contributed by atoms with E-state index >= 15 is 0 Å². The standard InChI is InChI=1S/C22H28N2/c1-15-9-17-13-21(3)11-16(2)12-22(14-21)20(17)19(10-15)23-24(22)18-7-5-4-6-8-18/h4-8,15-16H,9-14H2,1-3H3/t15-,16-,21+,22-/m1/s1. The maximum Gasteiger partial charge on any atom is 0.0908 e. The second-order valence-electron chi connectivity index (χ2n) is 9.40. The molecule has 0 amide bonds. The number of hydrazone groups is 1. The molecule has 0 saturated heterocycles. The highest BCUT2D eigenvalue weighted by Crippen LogP contribution is 2.62. The van der Waals surface area contributed by atoms with Crippen LogP contribution in [0.3, 0.4) is 0 Å². The zero-order chi connectivity index (χ0) is 16.5. The lowest BCUT2D eigenvalue weighted by Gasteiger charge is -2.56. The number of benzene rings is 1. The number of rotatable bonds is 1. The third-order valence-corrected chi connectivity index (χ3v) is 6.76. The molecule has 3 aliphatic carbocycles. The van der Waals surface area contributed by atoms with Gasteiger partial charge < -0.3 is 0 Å². The lowest BCUT2D eigenvalue weighted by atomic mass is 9.52. The van der Waals surface area contributed by atoms with Crippen LogP contribution in [0.15, 0.2) is 46.6 Å². The molecule has 5 rings (SSSR count). The average Bonchev–Trinajstić information content (AvgIpc) is 2.79. The van der Waals surface area contributed by atoms with Gasteiger partial charge in [-0.05, 0) is 67.9 Å². The largest absolute Gasteiger partial charge is 0.255 e. The zero-order valence-electron chi connectivity index (χ0n) is 15.2. The average molecular weight is 320 g/mol. The smallest absolute Gasteiger partial charge is 0.0908 e. The number of allylic oxidation sites excluding steroid dienone is 1. The van der Waals surface area contributed by atoms with Crippen molar-refractivity contribution in [3.8, 4) is 0 Å². The minimum absolute atomic E-state index is 0.136. The first-order valence-electron chi connectivity index (χ1n) is 9.65. The number of para-hydroxylation sites is 1. The van der Waals surface area contributed by atoms with Crippen molar-refractivity contribution in [2.45, 2.75) is 64.8 Å². The highest BCUT2D eigenvalue weighted by atomic mass is 15.5. The number of hydrogen-bond acceptors (Lipinski definition) is 2. The van der Waals surface area contributed by atoms with Gasteiger partial charge in [-0.25, -0.2) is 0 Å². The van der Waals surface area contributed by atoms with Crippen LogP contribution in [-0.2, 0) is 0 Å². The Kier molecular flexibility index (Phi) is 2.91. The summed E-state index contributed by atoms with van der Waals surface area (Å²) in [5, 5.41) is 7.68. The maximum atomic E-state index is 5.24. The van der Waals surface area contributed by atoms with Crippen LogP contribution < -0.4 is 5.01 Å². The van der Waals surface area contributed by atoms with Crippen molar-refractivity contribution in [3.63, 3.8) is 0 Å². The normalized spacial score (nSPS) is 40.5. The summed E-state index contributed by atoms with van der Waals surface area (Å²) in [6, 6.07) is 10.9. The van der Waals surface area contributed by atoms with Crippen LogP contribution in [0.2, 0.25) is 0 Å². The SMILES string of the molecule is C[C@@H]1C[C@@]2(C)CC3=C4C(=NN(c5ccccc5)[C@]4(C1)C2)C[C@H](C)C3. The fraction of sp³-hybridized carbons (Fsp3) is 0.591. The highest BCUT2D eigenvalue weighted by molar-refractivity contribution is 6.07. The molecule has 0 radical (unpaired) electrons.